The van der Waals surface area contributed by atoms with Crippen molar-refractivity contribution in [2.45, 2.75) is 73.3 Å². The van der Waals surface area contributed by atoms with Gasteiger partial charge in [-0.3, -0.25) is 0 Å². The Morgan fingerprint density at radius 1 is 1.14 bits per heavy atom. The first-order valence-corrected chi connectivity index (χ1v) is 6.31. The van der Waals surface area contributed by atoms with E-state index in [1.54, 1.807) is 6.92 Å². The van der Waals surface area contributed by atoms with Gasteiger partial charge in [0.2, 0.25) is 0 Å². The zero-order valence-corrected chi connectivity index (χ0v) is 11.2. The molecule has 0 radical (unpaired) electrons. The number of aliphatic hydroxyl groups excluding tert-OH is 3. The molecule has 0 aliphatic carbocycles. The van der Waals surface area contributed by atoms with Crippen LogP contribution in [0.3, 0.4) is 0 Å². The van der Waals surface area contributed by atoms with Gasteiger partial charge in [-0.2, -0.15) is 0 Å². The molecule has 21 heavy (non-hydrogen) atoms. The van der Waals surface area contributed by atoms with Crippen molar-refractivity contribution in [3.8, 4) is 0 Å². The number of methoxy groups -OCH3 is 1. The third-order valence-corrected chi connectivity index (χ3v) is 3.20. The minimum atomic E-state index is -1.05. The van der Waals surface area contributed by atoms with E-state index in [0.29, 0.717) is 6.42 Å². The van der Waals surface area contributed by atoms with Crippen LogP contribution in [0.25, 0.3) is 0 Å². The Kier molecular flexibility index (Phi) is 15.1. The normalized spacial score (nSPS) is 33.1. The zero-order chi connectivity index (χ0) is 13.7. The summed E-state index contributed by atoms with van der Waals surface area (Å²) in [5, 5.41) is 28.9. The highest BCUT2D eigenvalue weighted by atomic mass is 16.7. The standard InChI is InChI=1S/C12H24O6.3CH4/c1-4-8-9(6-17-5-7(2)13)18-12(16-3)11(15)10(8)14;;;/h7-15H,4-6H2,1-3H3;3*1H4. The van der Waals surface area contributed by atoms with Crippen LogP contribution >= 0.6 is 0 Å². The van der Waals surface area contributed by atoms with Crippen LogP contribution in [0.15, 0.2) is 0 Å². The molecule has 6 nitrogen and oxygen atoms in total. The molecule has 6 atom stereocenters. The van der Waals surface area contributed by atoms with Crippen LogP contribution in [0, 0.1) is 5.92 Å². The molecule has 1 fully saturated rings. The Labute approximate surface area is 130 Å². The second-order valence-electron chi connectivity index (χ2n) is 4.72. The molecule has 3 N–H and O–H groups in total. The first kappa shape index (κ1) is 25.7. The fourth-order valence-electron chi connectivity index (χ4n) is 2.20. The SMILES string of the molecule is C.C.C.CCC1C(COCC(C)O)OC(OC)C(O)C1O. The predicted molar refractivity (Wildman–Crippen MR) is 84.2 cm³/mol. The molecule has 0 amide bonds. The molecule has 1 rings (SSSR count). The third kappa shape index (κ3) is 7.04. The van der Waals surface area contributed by atoms with E-state index in [0.717, 1.165) is 0 Å². The van der Waals surface area contributed by atoms with E-state index in [4.69, 9.17) is 19.3 Å². The van der Waals surface area contributed by atoms with Crippen molar-refractivity contribution in [1.29, 1.82) is 0 Å². The van der Waals surface area contributed by atoms with Gasteiger partial charge in [0.05, 0.1) is 31.5 Å². The number of hydrogen-bond donors (Lipinski definition) is 3. The minimum absolute atomic E-state index is 0. The number of rotatable bonds is 6. The molecule has 0 aromatic rings. The molecule has 0 saturated carbocycles. The molecule has 0 bridgehead atoms. The van der Waals surface area contributed by atoms with Crippen molar-refractivity contribution < 1.29 is 29.5 Å². The topological polar surface area (TPSA) is 88.4 Å². The maximum atomic E-state index is 10.0. The highest BCUT2D eigenvalue weighted by molar-refractivity contribution is 4.88. The maximum absolute atomic E-state index is 10.0. The van der Waals surface area contributed by atoms with E-state index < -0.39 is 24.6 Å². The molecule has 0 aromatic heterocycles. The fraction of sp³-hybridized carbons (Fsp3) is 1.00. The van der Waals surface area contributed by atoms with Crippen LogP contribution in [-0.2, 0) is 14.2 Å². The Morgan fingerprint density at radius 3 is 2.14 bits per heavy atom. The van der Waals surface area contributed by atoms with Gasteiger partial charge >= 0.3 is 0 Å². The molecule has 1 heterocycles. The summed E-state index contributed by atoms with van der Waals surface area (Å²) in [5.74, 6) is -0.208. The van der Waals surface area contributed by atoms with Gasteiger partial charge in [0.25, 0.3) is 0 Å². The smallest absolute Gasteiger partial charge is 0.186 e. The summed E-state index contributed by atoms with van der Waals surface area (Å²) in [6.07, 6.45) is -3.01. The van der Waals surface area contributed by atoms with E-state index in [1.807, 2.05) is 6.92 Å². The van der Waals surface area contributed by atoms with E-state index in [2.05, 4.69) is 0 Å². The van der Waals surface area contributed by atoms with Crippen LogP contribution in [-0.4, -0.2) is 66.3 Å². The average molecular weight is 312 g/mol. The summed E-state index contributed by atoms with van der Waals surface area (Å²) >= 11 is 0. The molecule has 1 saturated heterocycles. The Balaban J connectivity index is -0.00000108. The van der Waals surface area contributed by atoms with Crippen molar-refractivity contribution in [2.24, 2.45) is 5.92 Å². The molecule has 132 valence electrons. The highest BCUT2D eigenvalue weighted by Gasteiger charge is 2.43. The highest BCUT2D eigenvalue weighted by Crippen LogP contribution is 2.29. The number of hydrogen-bond acceptors (Lipinski definition) is 6. The van der Waals surface area contributed by atoms with E-state index in [9.17, 15) is 10.2 Å². The van der Waals surface area contributed by atoms with Gasteiger partial charge in [0.15, 0.2) is 6.29 Å². The minimum Gasteiger partial charge on any atom is -0.391 e. The van der Waals surface area contributed by atoms with Gasteiger partial charge < -0.3 is 29.5 Å². The van der Waals surface area contributed by atoms with E-state index in [1.165, 1.54) is 7.11 Å². The molecule has 6 heteroatoms. The molecule has 0 aromatic carbocycles. The molecular weight excluding hydrogens is 276 g/mol. The maximum Gasteiger partial charge on any atom is 0.186 e. The Hall–Kier alpha value is -0.240. The molecule has 1 aliphatic heterocycles. The quantitative estimate of drug-likeness (QED) is 0.687. The first-order valence-electron chi connectivity index (χ1n) is 6.31. The first-order chi connectivity index (χ1) is 8.51. The summed E-state index contributed by atoms with van der Waals surface area (Å²) in [5.41, 5.74) is 0. The van der Waals surface area contributed by atoms with Gasteiger partial charge in [0, 0.05) is 13.0 Å². The monoisotopic (exact) mass is 312 g/mol. The zero-order valence-electron chi connectivity index (χ0n) is 11.2. The summed E-state index contributed by atoms with van der Waals surface area (Å²) < 4.78 is 15.9. The van der Waals surface area contributed by atoms with Crippen LogP contribution < -0.4 is 0 Å². The molecule has 6 unspecified atom stereocenters. The average Bonchev–Trinajstić information content (AvgIpc) is 2.33. The van der Waals surface area contributed by atoms with Crippen LogP contribution in [0.5, 0.6) is 0 Å². The summed E-state index contributed by atoms with van der Waals surface area (Å²) in [4.78, 5) is 0. The lowest BCUT2D eigenvalue weighted by molar-refractivity contribution is -0.285. The van der Waals surface area contributed by atoms with Crippen molar-refractivity contribution in [2.75, 3.05) is 20.3 Å². The van der Waals surface area contributed by atoms with Crippen LogP contribution in [0.1, 0.15) is 42.5 Å². The van der Waals surface area contributed by atoms with Crippen molar-refractivity contribution in [1.82, 2.24) is 0 Å². The molecular formula is C15H36O6. The fourth-order valence-corrected chi connectivity index (χ4v) is 2.20. The van der Waals surface area contributed by atoms with E-state index >= 15 is 0 Å². The lowest BCUT2D eigenvalue weighted by atomic mass is 9.87. The van der Waals surface area contributed by atoms with Crippen LogP contribution in [0.2, 0.25) is 0 Å². The third-order valence-electron chi connectivity index (χ3n) is 3.20. The predicted octanol–water partition coefficient (Wildman–Crippen LogP) is 1.41. The van der Waals surface area contributed by atoms with Crippen molar-refractivity contribution >= 4 is 0 Å². The van der Waals surface area contributed by atoms with Crippen molar-refractivity contribution in [3.05, 3.63) is 0 Å². The molecule has 0 spiro atoms. The Bertz CT molecular complexity index is 236. The van der Waals surface area contributed by atoms with Gasteiger partial charge in [-0.1, -0.05) is 29.2 Å². The number of ether oxygens (including phenoxy) is 3. The summed E-state index contributed by atoms with van der Waals surface area (Å²) in [6, 6.07) is 0. The lowest BCUT2D eigenvalue weighted by Crippen LogP contribution is -2.56. The number of aliphatic hydroxyl groups is 3. The second kappa shape index (κ2) is 12.3. The Morgan fingerprint density at radius 2 is 1.71 bits per heavy atom. The largest absolute Gasteiger partial charge is 0.391 e. The lowest BCUT2D eigenvalue weighted by Gasteiger charge is -2.41. The van der Waals surface area contributed by atoms with Gasteiger partial charge in [0.1, 0.15) is 6.10 Å². The molecule has 1 aliphatic rings. The van der Waals surface area contributed by atoms with Crippen LogP contribution in [0.4, 0.5) is 0 Å². The summed E-state index contributed by atoms with van der Waals surface area (Å²) in [6.45, 7) is 4.02. The van der Waals surface area contributed by atoms with E-state index in [-0.39, 0.29) is 47.5 Å². The van der Waals surface area contributed by atoms with Gasteiger partial charge in [-0.25, -0.2) is 0 Å². The van der Waals surface area contributed by atoms with Gasteiger partial charge in [-0.05, 0) is 13.3 Å². The van der Waals surface area contributed by atoms with Gasteiger partial charge in [-0.15, -0.1) is 0 Å². The second-order valence-corrected chi connectivity index (χ2v) is 4.72. The summed E-state index contributed by atoms with van der Waals surface area (Å²) in [7, 11) is 1.42. The van der Waals surface area contributed by atoms with Crippen molar-refractivity contribution in [3.63, 3.8) is 0 Å².